The number of nitrogens with zero attached hydrogens (tertiary/aromatic N) is 3. The van der Waals surface area contributed by atoms with Crippen molar-refractivity contribution in [2.45, 2.75) is 44.8 Å². The first-order valence-corrected chi connectivity index (χ1v) is 10.9. The highest BCUT2D eigenvalue weighted by Gasteiger charge is 2.28. The molecule has 0 aliphatic carbocycles. The van der Waals surface area contributed by atoms with E-state index >= 15 is 0 Å². The third-order valence-corrected chi connectivity index (χ3v) is 6.17. The smallest absolute Gasteiger partial charge is 0.218 e. The molecule has 0 bridgehead atoms. The Kier molecular flexibility index (Phi) is 7.96. The van der Waals surface area contributed by atoms with Gasteiger partial charge >= 0.3 is 0 Å². The average molecular weight is 437 g/mol. The van der Waals surface area contributed by atoms with Gasteiger partial charge in [-0.25, -0.2) is 0 Å². The lowest BCUT2D eigenvalue weighted by Crippen LogP contribution is -2.48. The highest BCUT2D eigenvalue weighted by Crippen LogP contribution is 2.34. The predicted molar refractivity (Wildman–Crippen MR) is 125 cm³/mol. The van der Waals surface area contributed by atoms with Crippen LogP contribution < -0.4 is 20.1 Å². The zero-order valence-corrected chi connectivity index (χ0v) is 19.1. The van der Waals surface area contributed by atoms with E-state index < -0.39 is 0 Å². The minimum absolute atomic E-state index is 0.148. The summed E-state index contributed by atoms with van der Waals surface area (Å²) >= 11 is 0. The molecule has 0 spiro atoms. The molecule has 3 rings (SSSR count). The van der Waals surface area contributed by atoms with Crippen LogP contribution in [0.25, 0.3) is 0 Å². The molecule has 1 unspecified atom stereocenters. The number of hydrogen-bond donors (Lipinski definition) is 1. The summed E-state index contributed by atoms with van der Waals surface area (Å²) in [5.41, 5.74) is 8.19. The molecule has 1 aliphatic rings. The van der Waals surface area contributed by atoms with Crippen LogP contribution in [0.4, 0.5) is 5.69 Å². The number of primary amides is 1. The number of nitrogens with two attached hydrogens (primary N) is 1. The van der Waals surface area contributed by atoms with Gasteiger partial charge in [-0.1, -0.05) is 12.1 Å². The molecule has 7 heteroatoms. The summed E-state index contributed by atoms with van der Waals surface area (Å²) in [5.74, 6) is 1.12. The van der Waals surface area contributed by atoms with Crippen LogP contribution in [0.2, 0.25) is 0 Å². The van der Waals surface area contributed by atoms with Crippen LogP contribution in [-0.2, 0) is 11.3 Å². The van der Waals surface area contributed by atoms with Crippen molar-refractivity contribution in [1.82, 2.24) is 4.90 Å². The molecule has 2 N–H and O–H groups in total. The molecule has 1 atom stereocenters. The summed E-state index contributed by atoms with van der Waals surface area (Å²) in [6.45, 7) is 4.55. The first kappa shape index (κ1) is 23.4. The Morgan fingerprint density at radius 2 is 1.91 bits per heavy atom. The van der Waals surface area contributed by atoms with Gasteiger partial charge in [-0.2, -0.15) is 5.26 Å². The Hall–Kier alpha value is -3.24. The fraction of sp³-hybridized carbons (Fsp3) is 0.440. The topological polar surface area (TPSA) is 91.8 Å². The van der Waals surface area contributed by atoms with Crippen molar-refractivity contribution in [3.63, 3.8) is 0 Å². The Morgan fingerprint density at radius 3 is 2.53 bits per heavy atom. The molecule has 1 heterocycles. The summed E-state index contributed by atoms with van der Waals surface area (Å²) in [5, 5.41) is 9.30. The van der Waals surface area contributed by atoms with Gasteiger partial charge in [0.1, 0.15) is 0 Å². The average Bonchev–Trinajstić information content (AvgIpc) is 2.82. The van der Waals surface area contributed by atoms with E-state index in [2.05, 4.69) is 34.9 Å². The minimum Gasteiger partial charge on any atom is -0.493 e. The molecule has 170 valence electrons. The van der Waals surface area contributed by atoms with Crippen LogP contribution in [-0.4, -0.2) is 50.2 Å². The third kappa shape index (κ3) is 5.71. The van der Waals surface area contributed by atoms with Gasteiger partial charge < -0.3 is 20.1 Å². The zero-order chi connectivity index (χ0) is 23.1. The molecule has 32 heavy (non-hydrogen) atoms. The normalized spacial score (nSPS) is 15.6. The van der Waals surface area contributed by atoms with Crippen LogP contribution in [0.15, 0.2) is 42.5 Å². The second kappa shape index (κ2) is 10.9. The van der Waals surface area contributed by atoms with Crippen LogP contribution in [0, 0.1) is 11.3 Å². The van der Waals surface area contributed by atoms with Gasteiger partial charge in [-0.15, -0.1) is 0 Å². The number of rotatable bonds is 9. The largest absolute Gasteiger partial charge is 0.493 e. The fourth-order valence-corrected chi connectivity index (χ4v) is 4.43. The number of carbonyl (C=O) groups is 1. The van der Waals surface area contributed by atoms with Crippen LogP contribution >= 0.6 is 0 Å². The summed E-state index contributed by atoms with van der Waals surface area (Å²) < 4.78 is 11.0. The molecule has 2 aromatic carbocycles. The maximum Gasteiger partial charge on any atom is 0.218 e. The standard InChI is InChI=1S/C25H32N4O3/c1-18(13-25(27)30)28-11-9-21(10-12-28)29(17-20-6-4-5-19(14-20)16-26)22-7-8-23(31-2)24(15-22)32-3/h4-8,14-15,18,21H,9-13,17H2,1-3H3,(H2,27,30). The molecular weight excluding hydrogens is 404 g/mol. The summed E-state index contributed by atoms with van der Waals surface area (Å²) in [6, 6.07) is 16.4. The van der Waals surface area contributed by atoms with Crippen molar-refractivity contribution in [2.24, 2.45) is 5.73 Å². The van der Waals surface area contributed by atoms with Crippen molar-refractivity contribution in [2.75, 3.05) is 32.2 Å². The number of piperidine rings is 1. The van der Waals surface area contributed by atoms with Crippen LogP contribution in [0.5, 0.6) is 11.5 Å². The van der Waals surface area contributed by atoms with Gasteiger partial charge in [0.25, 0.3) is 0 Å². The van der Waals surface area contributed by atoms with Gasteiger partial charge in [0, 0.05) is 49.9 Å². The van der Waals surface area contributed by atoms with Crippen molar-refractivity contribution in [3.8, 4) is 17.6 Å². The first-order valence-electron chi connectivity index (χ1n) is 10.9. The second-order valence-electron chi connectivity index (χ2n) is 8.27. The highest BCUT2D eigenvalue weighted by atomic mass is 16.5. The first-order chi connectivity index (χ1) is 15.4. The molecule has 0 saturated carbocycles. The Bertz CT molecular complexity index is 964. The summed E-state index contributed by atoms with van der Waals surface area (Å²) in [7, 11) is 3.27. The number of likely N-dealkylation sites (tertiary alicyclic amines) is 1. The maximum absolute atomic E-state index is 11.3. The Balaban J connectivity index is 1.84. The monoisotopic (exact) mass is 436 g/mol. The summed E-state index contributed by atoms with van der Waals surface area (Å²) in [6.07, 6.45) is 2.32. The number of hydrogen-bond acceptors (Lipinski definition) is 6. The highest BCUT2D eigenvalue weighted by molar-refractivity contribution is 5.74. The third-order valence-electron chi connectivity index (χ3n) is 6.17. The van der Waals surface area contributed by atoms with Crippen molar-refractivity contribution >= 4 is 11.6 Å². The fourth-order valence-electron chi connectivity index (χ4n) is 4.43. The van der Waals surface area contributed by atoms with Crippen LogP contribution in [0.3, 0.4) is 0 Å². The molecule has 2 aromatic rings. The number of benzene rings is 2. The predicted octanol–water partition coefficient (Wildman–Crippen LogP) is 3.31. The minimum atomic E-state index is -0.260. The van der Waals surface area contributed by atoms with Gasteiger partial charge in [0.2, 0.25) is 5.91 Å². The lowest BCUT2D eigenvalue weighted by atomic mass is 9.99. The molecule has 0 radical (unpaired) electrons. The molecule has 1 aliphatic heterocycles. The number of ether oxygens (including phenoxy) is 2. The van der Waals surface area contributed by atoms with Gasteiger partial charge in [0.05, 0.1) is 25.9 Å². The molecule has 1 amide bonds. The quantitative estimate of drug-likeness (QED) is 0.648. The van der Waals surface area contributed by atoms with Crippen molar-refractivity contribution in [1.29, 1.82) is 5.26 Å². The summed E-state index contributed by atoms with van der Waals surface area (Å²) in [4.78, 5) is 16.0. The van der Waals surface area contributed by atoms with E-state index in [4.69, 9.17) is 15.2 Å². The molecular formula is C25H32N4O3. The number of methoxy groups -OCH3 is 2. The lowest BCUT2D eigenvalue weighted by molar-refractivity contribution is -0.119. The van der Waals surface area contributed by atoms with Gasteiger partial charge in [-0.05, 0) is 49.6 Å². The molecule has 1 fully saturated rings. The van der Waals surface area contributed by atoms with E-state index in [-0.39, 0.29) is 11.9 Å². The molecule has 7 nitrogen and oxygen atoms in total. The number of anilines is 1. The van der Waals surface area contributed by atoms with Gasteiger partial charge in [-0.3, -0.25) is 9.69 Å². The van der Waals surface area contributed by atoms with E-state index in [0.717, 1.165) is 37.2 Å². The Morgan fingerprint density at radius 1 is 1.19 bits per heavy atom. The molecule has 0 aromatic heterocycles. The SMILES string of the molecule is COc1ccc(N(Cc2cccc(C#N)c2)C2CCN(C(C)CC(N)=O)CC2)cc1OC. The number of nitriles is 1. The van der Waals surface area contributed by atoms with Gasteiger partial charge in [0.15, 0.2) is 11.5 Å². The Labute approximate surface area is 190 Å². The van der Waals surface area contributed by atoms with Crippen LogP contribution in [0.1, 0.15) is 37.3 Å². The second-order valence-corrected chi connectivity index (χ2v) is 8.27. The van der Waals surface area contributed by atoms with E-state index in [1.807, 2.05) is 30.3 Å². The zero-order valence-electron chi connectivity index (χ0n) is 19.1. The van der Waals surface area contributed by atoms with E-state index in [9.17, 15) is 10.1 Å². The van der Waals surface area contributed by atoms with E-state index in [1.165, 1.54) is 0 Å². The van der Waals surface area contributed by atoms with Crippen molar-refractivity contribution < 1.29 is 14.3 Å². The maximum atomic E-state index is 11.3. The number of carbonyl (C=O) groups excluding carboxylic acids is 1. The van der Waals surface area contributed by atoms with E-state index in [0.29, 0.717) is 36.1 Å². The number of amides is 1. The lowest BCUT2D eigenvalue weighted by Gasteiger charge is -2.41. The van der Waals surface area contributed by atoms with Crippen molar-refractivity contribution in [3.05, 3.63) is 53.6 Å². The molecule has 1 saturated heterocycles. The van der Waals surface area contributed by atoms with E-state index in [1.54, 1.807) is 14.2 Å².